The highest BCUT2D eigenvalue weighted by Crippen LogP contribution is 2.26. The molecule has 1 unspecified atom stereocenters. The quantitative estimate of drug-likeness (QED) is 0.834. The van der Waals surface area contributed by atoms with Crippen molar-refractivity contribution in [1.29, 1.82) is 0 Å². The lowest BCUT2D eigenvalue weighted by atomic mass is 9.88. The van der Waals surface area contributed by atoms with E-state index in [1.165, 1.54) is 6.07 Å². The predicted octanol–water partition coefficient (Wildman–Crippen LogP) is 3.44. The number of nitrogens with one attached hydrogen (secondary N) is 1. The smallest absolute Gasteiger partial charge is 0.142 e. The minimum absolute atomic E-state index is 0.186. The molecule has 0 aliphatic heterocycles. The number of likely N-dealkylation sites (N-methyl/N-ethyl adjacent to an activating group) is 1. The highest BCUT2D eigenvalue weighted by molar-refractivity contribution is 6.30. The number of hydrogen-bond acceptors (Lipinski definition) is 1. The van der Waals surface area contributed by atoms with Gasteiger partial charge in [0.1, 0.15) is 5.82 Å². The van der Waals surface area contributed by atoms with Crippen LogP contribution in [-0.4, -0.2) is 13.6 Å². The average Bonchev–Trinajstić information content (AvgIpc) is 2.18. The molecular weight excluding hydrogens is 213 g/mol. The van der Waals surface area contributed by atoms with Crippen LogP contribution in [-0.2, 0) is 0 Å². The molecular formula is C12H17ClFN. The molecule has 1 atom stereocenters. The molecule has 0 fully saturated rings. The largest absolute Gasteiger partial charge is 0.319 e. The number of benzene rings is 1. The number of halogens is 2. The Labute approximate surface area is 95.6 Å². The first-order chi connectivity index (χ1) is 7.06. The van der Waals surface area contributed by atoms with Crippen molar-refractivity contribution in [3.63, 3.8) is 0 Å². The molecule has 3 heteroatoms. The van der Waals surface area contributed by atoms with E-state index in [0.29, 0.717) is 11.8 Å². The van der Waals surface area contributed by atoms with E-state index in [0.717, 1.165) is 12.1 Å². The van der Waals surface area contributed by atoms with Gasteiger partial charge in [-0.05, 0) is 36.6 Å². The van der Waals surface area contributed by atoms with Crippen LogP contribution in [0.15, 0.2) is 18.2 Å². The summed E-state index contributed by atoms with van der Waals surface area (Å²) >= 11 is 5.65. The summed E-state index contributed by atoms with van der Waals surface area (Å²) in [6, 6.07) is 5.05. The maximum absolute atomic E-state index is 13.3. The molecule has 0 saturated carbocycles. The van der Waals surface area contributed by atoms with E-state index in [2.05, 4.69) is 19.2 Å². The second-order valence-corrected chi connectivity index (χ2v) is 4.49. The summed E-state index contributed by atoms with van der Waals surface area (Å²) in [4.78, 5) is 0. The Morgan fingerprint density at radius 3 is 2.53 bits per heavy atom. The van der Waals surface area contributed by atoms with Gasteiger partial charge >= 0.3 is 0 Å². The van der Waals surface area contributed by atoms with Crippen molar-refractivity contribution in [3.8, 4) is 0 Å². The summed E-state index contributed by atoms with van der Waals surface area (Å²) in [7, 11) is 1.90. The third-order valence-electron chi connectivity index (χ3n) is 2.60. The predicted molar refractivity (Wildman–Crippen MR) is 62.9 cm³/mol. The Bertz CT molecular complexity index is 325. The molecule has 0 heterocycles. The Morgan fingerprint density at radius 1 is 1.40 bits per heavy atom. The molecule has 0 saturated heterocycles. The first-order valence-electron chi connectivity index (χ1n) is 5.15. The van der Waals surface area contributed by atoms with Gasteiger partial charge in [0.05, 0.1) is 5.02 Å². The molecule has 1 aromatic rings. The summed E-state index contributed by atoms with van der Waals surface area (Å²) in [5, 5.41) is 3.31. The SMILES string of the molecule is CNCC(c1ccc(Cl)c(F)c1)C(C)C. The average molecular weight is 230 g/mol. The first-order valence-corrected chi connectivity index (χ1v) is 5.53. The fourth-order valence-corrected chi connectivity index (χ4v) is 1.82. The molecule has 0 amide bonds. The molecule has 0 aliphatic rings. The van der Waals surface area contributed by atoms with Gasteiger partial charge in [-0.15, -0.1) is 0 Å². The van der Waals surface area contributed by atoms with Crippen LogP contribution in [0.4, 0.5) is 4.39 Å². The maximum atomic E-state index is 13.3. The zero-order valence-corrected chi connectivity index (χ0v) is 10.1. The second-order valence-electron chi connectivity index (χ2n) is 4.08. The van der Waals surface area contributed by atoms with Crippen LogP contribution in [0.3, 0.4) is 0 Å². The van der Waals surface area contributed by atoms with E-state index >= 15 is 0 Å². The summed E-state index contributed by atoms with van der Waals surface area (Å²) in [6.45, 7) is 5.11. The molecule has 1 N–H and O–H groups in total. The Kier molecular flexibility index (Phi) is 4.55. The van der Waals surface area contributed by atoms with Gasteiger partial charge in [0, 0.05) is 6.54 Å². The topological polar surface area (TPSA) is 12.0 Å². The Hall–Kier alpha value is -0.600. The summed E-state index contributed by atoms with van der Waals surface area (Å²) in [5.74, 6) is 0.454. The van der Waals surface area contributed by atoms with Gasteiger partial charge in [-0.2, -0.15) is 0 Å². The number of rotatable bonds is 4. The van der Waals surface area contributed by atoms with Crippen LogP contribution in [0.1, 0.15) is 25.3 Å². The van der Waals surface area contributed by atoms with Gasteiger partial charge in [0.2, 0.25) is 0 Å². The molecule has 84 valence electrons. The lowest BCUT2D eigenvalue weighted by Gasteiger charge is -2.21. The van der Waals surface area contributed by atoms with Crippen molar-refractivity contribution >= 4 is 11.6 Å². The van der Waals surface area contributed by atoms with Crippen molar-refractivity contribution in [3.05, 3.63) is 34.6 Å². The van der Waals surface area contributed by atoms with E-state index in [-0.39, 0.29) is 10.8 Å². The molecule has 0 aromatic heterocycles. The van der Waals surface area contributed by atoms with E-state index in [4.69, 9.17) is 11.6 Å². The van der Waals surface area contributed by atoms with Gasteiger partial charge in [-0.25, -0.2) is 4.39 Å². The molecule has 0 bridgehead atoms. The summed E-state index contributed by atoms with van der Waals surface area (Å²) < 4.78 is 13.3. The standard InChI is InChI=1S/C12H17ClFN/c1-8(2)10(7-15-3)9-4-5-11(13)12(14)6-9/h4-6,8,10,15H,7H2,1-3H3. The second kappa shape index (κ2) is 5.47. The lowest BCUT2D eigenvalue weighted by molar-refractivity contribution is 0.475. The number of hydrogen-bond donors (Lipinski definition) is 1. The minimum Gasteiger partial charge on any atom is -0.319 e. The van der Waals surface area contributed by atoms with Crippen molar-refractivity contribution in [2.45, 2.75) is 19.8 Å². The molecule has 0 radical (unpaired) electrons. The van der Waals surface area contributed by atoms with Gasteiger partial charge < -0.3 is 5.32 Å². The first kappa shape index (κ1) is 12.5. The van der Waals surface area contributed by atoms with Crippen molar-refractivity contribution < 1.29 is 4.39 Å². The molecule has 0 spiro atoms. The molecule has 1 nitrogen and oxygen atoms in total. The van der Waals surface area contributed by atoms with Crippen LogP contribution in [0.5, 0.6) is 0 Å². The third-order valence-corrected chi connectivity index (χ3v) is 2.91. The monoisotopic (exact) mass is 229 g/mol. The molecule has 1 aromatic carbocycles. The van der Waals surface area contributed by atoms with Crippen LogP contribution in [0.25, 0.3) is 0 Å². The van der Waals surface area contributed by atoms with Gasteiger partial charge in [-0.1, -0.05) is 31.5 Å². The zero-order valence-electron chi connectivity index (χ0n) is 9.35. The van der Waals surface area contributed by atoms with E-state index in [1.54, 1.807) is 6.07 Å². The van der Waals surface area contributed by atoms with E-state index < -0.39 is 0 Å². The fourth-order valence-electron chi connectivity index (χ4n) is 1.70. The fraction of sp³-hybridized carbons (Fsp3) is 0.500. The normalized spacial score (nSPS) is 13.2. The van der Waals surface area contributed by atoms with Crippen molar-refractivity contribution in [2.24, 2.45) is 5.92 Å². The van der Waals surface area contributed by atoms with Gasteiger partial charge in [-0.3, -0.25) is 0 Å². The van der Waals surface area contributed by atoms with Gasteiger partial charge in [0.25, 0.3) is 0 Å². The van der Waals surface area contributed by atoms with E-state index in [9.17, 15) is 4.39 Å². The van der Waals surface area contributed by atoms with Gasteiger partial charge in [0.15, 0.2) is 0 Å². The van der Waals surface area contributed by atoms with Crippen molar-refractivity contribution in [1.82, 2.24) is 5.32 Å². The molecule has 15 heavy (non-hydrogen) atoms. The molecule has 0 aliphatic carbocycles. The lowest BCUT2D eigenvalue weighted by Crippen LogP contribution is -2.21. The third kappa shape index (κ3) is 3.18. The van der Waals surface area contributed by atoms with Crippen LogP contribution < -0.4 is 5.32 Å². The highest BCUT2D eigenvalue weighted by atomic mass is 35.5. The summed E-state index contributed by atoms with van der Waals surface area (Å²) in [5.41, 5.74) is 1.00. The van der Waals surface area contributed by atoms with Crippen LogP contribution in [0, 0.1) is 11.7 Å². The summed E-state index contributed by atoms with van der Waals surface area (Å²) in [6.07, 6.45) is 0. The minimum atomic E-state index is -0.337. The highest BCUT2D eigenvalue weighted by Gasteiger charge is 2.16. The molecule has 1 rings (SSSR count). The van der Waals surface area contributed by atoms with Crippen LogP contribution in [0.2, 0.25) is 5.02 Å². The maximum Gasteiger partial charge on any atom is 0.142 e. The van der Waals surface area contributed by atoms with Crippen LogP contribution >= 0.6 is 11.6 Å². The van der Waals surface area contributed by atoms with E-state index in [1.807, 2.05) is 13.1 Å². The Balaban J connectivity index is 2.95. The Morgan fingerprint density at radius 2 is 2.07 bits per heavy atom. The zero-order chi connectivity index (χ0) is 11.4. The van der Waals surface area contributed by atoms with Crippen molar-refractivity contribution in [2.75, 3.05) is 13.6 Å².